The average Bonchev–Trinajstić information content (AvgIpc) is 3.53. The van der Waals surface area contributed by atoms with Crippen LogP contribution in [-0.4, -0.2) is 86.1 Å². The van der Waals surface area contributed by atoms with Gasteiger partial charge >= 0.3 is 21.2 Å². The fraction of sp³-hybridized carbons (Fsp3) is 0.341. The minimum atomic E-state index is -4.35. The van der Waals surface area contributed by atoms with Crippen molar-refractivity contribution < 1.29 is 55.8 Å². The molecule has 19 heteroatoms. The van der Waals surface area contributed by atoms with Crippen LogP contribution in [0, 0.1) is 0 Å². The maximum atomic E-state index is 11.7. The highest BCUT2D eigenvalue weighted by Crippen LogP contribution is 2.51. The quantitative estimate of drug-likeness (QED) is 0.114. The zero-order valence-electron chi connectivity index (χ0n) is 34.9. The molecule has 336 valence electrons. The molecule has 4 aromatic rings. The highest BCUT2D eigenvalue weighted by atomic mass is 35.5. The number of hydrogen-bond acceptors (Lipinski definition) is 12. The SMILES string of the molecule is CC1(C)C(/C=C/C2=C(Cl)C(=C/C=C3/N(CCCS(=O)(=O)O)c4ccc5ccccc5c4C3(C)C)/CCC2)=[N+](CCCS(=O)(=O)[O-])c2ccc3ccccc3c21.O=S(=O)=O.O=S(=O)=O. The molecule has 4 aromatic carbocycles. The van der Waals surface area contributed by atoms with Gasteiger partial charge in [0.2, 0.25) is 5.69 Å². The summed E-state index contributed by atoms with van der Waals surface area (Å²) in [4.78, 5) is 2.18. The Morgan fingerprint density at radius 2 is 1.32 bits per heavy atom. The van der Waals surface area contributed by atoms with Crippen LogP contribution in [0.4, 0.5) is 11.4 Å². The van der Waals surface area contributed by atoms with E-state index in [1.54, 1.807) is 0 Å². The molecule has 63 heavy (non-hydrogen) atoms. The van der Waals surface area contributed by atoms with Gasteiger partial charge in [-0.15, -0.1) is 25.3 Å². The molecule has 0 fully saturated rings. The van der Waals surface area contributed by atoms with Crippen molar-refractivity contribution in [2.24, 2.45) is 0 Å². The molecule has 0 saturated carbocycles. The van der Waals surface area contributed by atoms with Crippen molar-refractivity contribution in [1.82, 2.24) is 0 Å². The van der Waals surface area contributed by atoms with Gasteiger partial charge in [0.1, 0.15) is 6.54 Å². The highest BCUT2D eigenvalue weighted by molar-refractivity contribution is 7.85. The molecular formula is C44H47ClN2O12S4. The van der Waals surface area contributed by atoms with Gasteiger partial charge in [0.25, 0.3) is 10.1 Å². The summed E-state index contributed by atoms with van der Waals surface area (Å²) in [5.41, 5.74) is 7.62. The second kappa shape index (κ2) is 19.9. The Kier molecular flexibility index (Phi) is 15.6. The minimum Gasteiger partial charge on any atom is -0.748 e. The predicted octanol–water partition coefficient (Wildman–Crippen LogP) is 7.42. The van der Waals surface area contributed by atoms with Gasteiger partial charge in [0.05, 0.1) is 21.3 Å². The normalized spacial score (nSPS) is 18.0. The second-order valence-corrected chi connectivity index (χ2v) is 20.5. The van der Waals surface area contributed by atoms with Gasteiger partial charge < -0.3 is 9.45 Å². The maximum absolute atomic E-state index is 11.7. The first kappa shape index (κ1) is 49.2. The molecule has 14 nitrogen and oxygen atoms in total. The first-order valence-corrected chi connectivity index (χ1v) is 25.4. The third-order valence-corrected chi connectivity index (χ3v) is 13.5. The van der Waals surface area contributed by atoms with Crippen LogP contribution in [0.3, 0.4) is 0 Å². The summed E-state index contributed by atoms with van der Waals surface area (Å²) in [6, 6.07) is 24.9. The van der Waals surface area contributed by atoms with E-state index in [0.29, 0.717) is 18.1 Å². The van der Waals surface area contributed by atoms with Crippen molar-refractivity contribution in [2.75, 3.05) is 29.5 Å². The van der Waals surface area contributed by atoms with Crippen LogP contribution < -0.4 is 4.90 Å². The van der Waals surface area contributed by atoms with E-state index in [9.17, 15) is 25.9 Å². The number of fused-ring (bicyclic) bond motifs is 6. The number of allylic oxidation sites excluding steroid dienone is 8. The van der Waals surface area contributed by atoms with Crippen molar-refractivity contribution in [2.45, 2.75) is 70.6 Å². The molecule has 0 radical (unpaired) electrons. The Hall–Kier alpha value is -4.82. The summed E-state index contributed by atoms with van der Waals surface area (Å²) in [5.74, 6) is -0.752. The molecule has 1 N–H and O–H groups in total. The lowest BCUT2D eigenvalue weighted by Gasteiger charge is -2.27. The number of rotatable bonds is 11. The van der Waals surface area contributed by atoms with E-state index in [-0.39, 0.29) is 18.6 Å². The summed E-state index contributed by atoms with van der Waals surface area (Å²) in [6.45, 7) is 9.56. The number of nitrogens with zero attached hydrogens (tertiary/aromatic N) is 2. The molecule has 0 aromatic heterocycles. The third-order valence-electron chi connectivity index (χ3n) is 11.4. The molecule has 0 spiro atoms. The number of benzene rings is 4. The van der Waals surface area contributed by atoms with Gasteiger partial charge in [0.15, 0.2) is 5.71 Å². The Balaban J connectivity index is 0.000000863. The Morgan fingerprint density at radius 1 is 0.746 bits per heavy atom. The summed E-state index contributed by atoms with van der Waals surface area (Å²) in [6.07, 6.45) is 11.4. The number of anilines is 1. The van der Waals surface area contributed by atoms with E-state index in [1.807, 2.05) is 24.3 Å². The van der Waals surface area contributed by atoms with Crippen LogP contribution >= 0.6 is 11.6 Å². The van der Waals surface area contributed by atoms with E-state index in [0.717, 1.165) is 74.7 Å². The fourth-order valence-corrected chi connectivity index (χ4v) is 10.2. The van der Waals surface area contributed by atoms with Crippen molar-refractivity contribution in [3.05, 3.63) is 130 Å². The van der Waals surface area contributed by atoms with Crippen LogP contribution in [0.1, 0.15) is 70.9 Å². The molecule has 2 aliphatic heterocycles. The molecule has 0 saturated heterocycles. The summed E-state index contributed by atoms with van der Waals surface area (Å²) < 4.78 is 120. The lowest BCUT2D eigenvalue weighted by atomic mass is 9.78. The smallest absolute Gasteiger partial charge is 0.425 e. The molecule has 0 atom stereocenters. The largest absolute Gasteiger partial charge is 0.748 e. The second-order valence-electron chi connectivity index (χ2n) is 16.2. The molecule has 1 aliphatic carbocycles. The summed E-state index contributed by atoms with van der Waals surface area (Å²) in [5, 5.41) is 5.24. The predicted molar refractivity (Wildman–Crippen MR) is 243 cm³/mol. The van der Waals surface area contributed by atoms with Crippen molar-refractivity contribution in [1.29, 1.82) is 0 Å². The van der Waals surface area contributed by atoms with Crippen LogP contribution in [-0.2, 0) is 52.3 Å². The highest BCUT2D eigenvalue weighted by Gasteiger charge is 2.45. The fourth-order valence-electron chi connectivity index (χ4n) is 8.92. The molecular weight excluding hydrogens is 912 g/mol. The molecule has 2 heterocycles. The monoisotopic (exact) mass is 958 g/mol. The van der Waals surface area contributed by atoms with E-state index in [1.165, 1.54) is 11.1 Å². The van der Waals surface area contributed by atoms with Crippen molar-refractivity contribution in [3.8, 4) is 0 Å². The van der Waals surface area contributed by atoms with Crippen molar-refractivity contribution >= 4 is 91.7 Å². The van der Waals surface area contributed by atoms with Gasteiger partial charge in [-0.1, -0.05) is 92.2 Å². The lowest BCUT2D eigenvalue weighted by Crippen LogP contribution is -2.28. The third kappa shape index (κ3) is 11.9. The van der Waals surface area contributed by atoms with E-state index >= 15 is 0 Å². The van der Waals surface area contributed by atoms with Crippen LogP contribution in [0.15, 0.2) is 119 Å². The molecule has 7 rings (SSSR count). The van der Waals surface area contributed by atoms with Gasteiger partial charge in [-0.05, 0) is 96.0 Å². The van der Waals surface area contributed by atoms with Crippen LogP contribution in [0.25, 0.3) is 21.5 Å². The van der Waals surface area contributed by atoms with Gasteiger partial charge in [-0.25, -0.2) is 8.42 Å². The van der Waals surface area contributed by atoms with Gasteiger partial charge in [0, 0.05) is 58.3 Å². The van der Waals surface area contributed by atoms with Gasteiger partial charge in [-0.2, -0.15) is 13.0 Å². The number of halogens is 1. The zero-order chi connectivity index (χ0) is 46.5. The molecule has 0 bridgehead atoms. The Bertz CT molecular complexity index is 3040. The van der Waals surface area contributed by atoms with E-state index < -0.39 is 58.0 Å². The van der Waals surface area contributed by atoms with Crippen LogP contribution in [0.2, 0.25) is 0 Å². The Morgan fingerprint density at radius 3 is 1.90 bits per heavy atom. The lowest BCUT2D eigenvalue weighted by molar-refractivity contribution is -0.437. The first-order valence-electron chi connectivity index (χ1n) is 19.8. The molecule has 0 unspecified atom stereocenters. The minimum absolute atomic E-state index is 0.208. The summed E-state index contributed by atoms with van der Waals surface area (Å²) in [7, 11) is -14.7. The zero-order valence-corrected chi connectivity index (χ0v) is 39.0. The Labute approximate surface area is 375 Å². The topological polar surface area (TPSA) is 220 Å². The summed E-state index contributed by atoms with van der Waals surface area (Å²) >= 11 is 7.24. The molecule has 0 amide bonds. The standard InChI is InChI=1S/C44H47ClN2O6S2.2O3S/c1-43(2)38(46(26-10-28-54(48,49)50)36-22-18-30-12-5-7-16-34(30)40(36)43)24-20-32-14-9-15-33(42(32)45)21-25-39-44(3,4)41-35-17-8-6-13-31(35)19-23-37(41)47(39)27-11-29-55(51,52)53;2*1-4(2)3/h5-8,12-13,16-25H,9-11,14-15,26-29H2,1-4H3,(H-,48,49,50,51,52,53);;. The number of hydrogen-bond donors (Lipinski definition) is 1. The average molecular weight is 960 g/mol. The first-order chi connectivity index (χ1) is 29.4. The van der Waals surface area contributed by atoms with Crippen LogP contribution in [0.5, 0.6) is 0 Å². The van der Waals surface area contributed by atoms with E-state index in [2.05, 4.69) is 110 Å². The van der Waals surface area contributed by atoms with Crippen molar-refractivity contribution in [3.63, 3.8) is 0 Å². The maximum Gasteiger partial charge on any atom is 0.425 e. The van der Waals surface area contributed by atoms with E-state index in [4.69, 9.17) is 36.9 Å². The molecule has 3 aliphatic rings. The van der Waals surface area contributed by atoms with Gasteiger partial charge in [-0.3, -0.25) is 4.55 Å².